The summed E-state index contributed by atoms with van der Waals surface area (Å²) in [7, 11) is 0. The van der Waals surface area contributed by atoms with Crippen molar-refractivity contribution < 1.29 is 24.5 Å². The van der Waals surface area contributed by atoms with Crippen LogP contribution in [0.2, 0.25) is 0 Å². The molecule has 0 fully saturated rings. The van der Waals surface area contributed by atoms with Gasteiger partial charge in [-0.1, -0.05) is 26.0 Å². The summed E-state index contributed by atoms with van der Waals surface area (Å²) >= 11 is 0. The Morgan fingerprint density at radius 3 is 2.38 bits per heavy atom. The molecular weight excluding hydrogens is 310 g/mol. The topological polar surface area (TPSA) is 95.9 Å². The van der Waals surface area contributed by atoms with Crippen molar-refractivity contribution in [3.05, 3.63) is 29.3 Å². The van der Waals surface area contributed by atoms with Crippen LogP contribution in [0.4, 0.5) is 4.79 Å². The van der Waals surface area contributed by atoms with Gasteiger partial charge >= 0.3 is 12.1 Å². The molecule has 0 heterocycles. The number of hydrogen-bond donors (Lipinski definition) is 3. The van der Waals surface area contributed by atoms with Crippen LogP contribution in [0.3, 0.4) is 0 Å². The van der Waals surface area contributed by atoms with Crippen molar-refractivity contribution in [1.82, 2.24) is 5.32 Å². The normalized spacial score (nSPS) is 12.8. The number of nitrogens with one attached hydrogen (secondary N) is 1. The number of aliphatic carboxylic acids is 1. The summed E-state index contributed by atoms with van der Waals surface area (Å²) in [6.07, 6.45) is -0.382. The third-order valence-electron chi connectivity index (χ3n) is 3.44. The first-order chi connectivity index (χ1) is 11.0. The van der Waals surface area contributed by atoms with Crippen LogP contribution in [-0.2, 0) is 16.0 Å². The molecule has 3 N–H and O–H groups in total. The molecule has 1 amide bonds. The molecule has 6 heteroatoms. The van der Waals surface area contributed by atoms with E-state index in [0.717, 1.165) is 11.1 Å². The van der Waals surface area contributed by atoms with Crippen molar-refractivity contribution in [1.29, 1.82) is 0 Å². The van der Waals surface area contributed by atoms with E-state index in [1.165, 1.54) is 0 Å². The predicted molar refractivity (Wildman–Crippen MR) is 91.3 cm³/mol. The minimum absolute atomic E-state index is 0.0257. The van der Waals surface area contributed by atoms with Gasteiger partial charge in [0.05, 0.1) is 5.92 Å². The van der Waals surface area contributed by atoms with E-state index in [0.29, 0.717) is 0 Å². The Kier molecular flexibility index (Phi) is 6.63. The van der Waals surface area contributed by atoms with E-state index in [9.17, 15) is 19.8 Å². The van der Waals surface area contributed by atoms with Crippen molar-refractivity contribution in [3.63, 3.8) is 0 Å². The summed E-state index contributed by atoms with van der Waals surface area (Å²) in [6.45, 7) is 9.11. The average Bonchev–Trinajstić information content (AvgIpc) is 2.42. The molecule has 0 saturated carbocycles. The predicted octanol–water partition coefficient (Wildman–Crippen LogP) is 3.28. The number of phenols is 1. The van der Waals surface area contributed by atoms with Crippen LogP contribution in [0.5, 0.6) is 5.75 Å². The first kappa shape index (κ1) is 19.8. The molecule has 1 aromatic rings. The highest BCUT2D eigenvalue weighted by molar-refractivity contribution is 5.73. The number of carbonyl (C=O) groups excluding carboxylic acids is 1. The fourth-order valence-corrected chi connectivity index (χ4v) is 2.25. The Hall–Kier alpha value is -2.24. The van der Waals surface area contributed by atoms with Gasteiger partial charge in [0, 0.05) is 6.54 Å². The third kappa shape index (κ3) is 6.48. The molecular formula is C18H27NO5. The molecule has 1 atom stereocenters. The van der Waals surface area contributed by atoms with Gasteiger partial charge in [-0.2, -0.15) is 0 Å². The van der Waals surface area contributed by atoms with Gasteiger partial charge in [0.1, 0.15) is 11.4 Å². The molecule has 1 rings (SSSR count). The maximum atomic E-state index is 11.7. The third-order valence-corrected chi connectivity index (χ3v) is 3.44. The minimum atomic E-state index is -0.995. The molecule has 0 saturated heterocycles. The van der Waals surface area contributed by atoms with E-state index in [4.69, 9.17) is 4.74 Å². The summed E-state index contributed by atoms with van der Waals surface area (Å²) < 4.78 is 5.11. The number of benzene rings is 1. The van der Waals surface area contributed by atoms with Gasteiger partial charge in [0.15, 0.2) is 0 Å². The number of rotatable bonds is 6. The lowest BCUT2D eigenvalue weighted by atomic mass is 9.94. The zero-order valence-electron chi connectivity index (χ0n) is 14.9. The molecule has 0 aliphatic heterocycles. The first-order valence-electron chi connectivity index (χ1n) is 8.01. The molecule has 0 aromatic heterocycles. The number of carbonyl (C=O) groups is 2. The van der Waals surface area contributed by atoms with Crippen molar-refractivity contribution in [3.8, 4) is 5.75 Å². The lowest BCUT2D eigenvalue weighted by molar-refractivity contribution is -0.141. The summed E-state index contributed by atoms with van der Waals surface area (Å²) in [5.41, 5.74) is 0.943. The van der Waals surface area contributed by atoms with Crippen LogP contribution in [0.1, 0.15) is 51.7 Å². The van der Waals surface area contributed by atoms with Crippen LogP contribution in [-0.4, -0.2) is 34.4 Å². The number of alkyl carbamates (subject to hydrolysis) is 1. The van der Waals surface area contributed by atoms with Crippen molar-refractivity contribution in [2.75, 3.05) is 6.54 Å². The van der Waals surface area contributed by atoms with E-state index < -0.39 is 23.6 Å². The largest absolute Gasteiger partial charge is 0.508 e. The Morgan fingerprint density at radius 1 is 1.25 bits per heavy atom. The smallest absolute Gasteiger partial charge is 0.407 e. The molecule has 24 heavy (non-hydrogen) atoms. The monoisotopic (exact) mass is 337 g/mol. The molecule has 0 radical (unpaired) electrons. The molecule has 1 aromatic carbocycles. The molecule has 0 bridgehead atoms. The average molecular weight is 337 g/mol. The summed E-state index contributed by atoms with van der Waals surface area (Å²) in [5.74, 6) is -1.44. The van der Waals surface area contributed by atoms with Gasteiger partial charge < -0.3 is 20.3 Å². The van der Waals surface area contributed by atoms with Crippen molar-refractivity contribution in [2.24, 2.45) is 5.92 Å². The van der Waals surface area contributed by atoms with Gasteiger partial charge in [0.25, 0.3) is 0 Å². The minimum Gasteiger partial charge on any atom is -0.508 e. The lowest BCUT2D eigenvalue weighted by Gasteiger charge is -2.21. The van der Waals surface area contributed by atoms with Crippen molar-refractivity contribution in [2.45, 2.75) is 52.6 Å². The highest BCUT2D eigenvalue weighted by Crippen LogP contribution is 2.27. The highest BCUT2D eigenvalue weighted by Gasteiger charge is 2.22. The van der Waals surface area contributed by atoms with E-state index in [1.807, 2.05) is 19.9 Å². The van der Waals surface area contributed by atoms with Gasteiger partial charge in [-0.05, 0) is 50.3 Å². The molecule has 134 valence electrons. The van der Waals surface area contributed by atoms with E-state index >= 15 is 0 Å². The number of carboxylic acids is 1. The molecule has 0 spiro atoms. The second kappa shape index (κ2) is 8.04. The van der Waals surface area contributed by atoms with Crippen LogP contribution in [0, 0.1) is 5.92 Å². The molecule has 6 nitrogen and oxygen atoms in total. The zero-order chi connectivity index (χ0) is 18.5. The number of phenolic OH excluding ortho intramolecular Hbond substituents is 1. The van der Waals surface area contributed by atoms with Gasteiger partial charge in [-0.3, -0.25) is 4.79 Å². The zero-order valence-corrected chi connectivity index (χ0v) is 14.9. The number of hydrogen-bond acceptors (Lipinski definition) is 4. The SMILES string of the molecule is CC(C)c1cc(CC(CNC(=O)OC(C)(C)C)C(=O)O)ccc1O. The second-order valence-corrected chi connectivity index (χ2v) is 7.17. The lowest BCUT2D eigenvalue weighted by Crippen LogP contribution is -2.37. The molecule has 0 aliphatic rings. The summed E-state index contributed by atoms with van der Waals surface area (Å²) in [5, 5.41) is 21.7. The molecule has 0 aliphatic carbocycles. The number of carboxylic acid groups (broad SMARTS) is 1. The number of aromatic hydroxyl groups is 1. The second-order valence-electron chi connectivity index (χ2n) is 7.17. The fourth-order valence-electron chi connectivity index (χ4n) is 2.25. The summed E-state index contributed by atoms with van der Waals surface area (Å²) in [4.78, 5) is 23.1. The number of ether oxygens (including phenoxy) is 1. The van der Waals surface area contributed by atoms with Crippen molar-refractivity contribution >= 4 is 12.1 Å². The fraction of sp³-hybridized carbons (Fsp3) is 0.556. The Balaban J connectivity index is 2.75. The van der Waals surface area contributed by atoms with Gasteiger partial charge in [0.2, 0.25) is 0 Å². The van der Waals surface area contributed by atoms with E-state index in [2.05, 4.69) is 5.32 Å². The summed E-state index contributed by atoms with van der Waals surface area (Å²) in [6, 6.07) is 5.08. The van der Waals surface area contributed by atoms with Crippen LogP contribution < -0.4 is 5.32 Å². The van der Waals surface area contributed by atoms with Gasteiger partial charge in [-0.25, -0.2) is 4.79 Å². The van der Waals surface area contributed by atoms with Gasteiger partial charge in [-0.15, -0.1) is 0 Å². The highest BCUT2D eigenvalue weighted by atomic mass is 16.6. The van der Waals surface area contributed by atoms with E-state index in [-0.39, 0.29) is 24.6 Å². The Labute approximate surface area is 142 Å². The Morgan fingerprint density at radius 2 is 1.88 bits per heavy atom. The maximum Gasteiger partial charge on any atom is 0.407 e. The quantitative estimate of drug-likeness (QED) is 0.740. The first-order valence-corrected chi connectivity index (χ1v) is 8.01. The standard InChI is InChI=1S/C18H27NO5/c1-11(2)14-9-12(6-7-15(14)20)8-13(16(21)22)10-19-17(23)24-18(3,4)5/h6-7,9,11,13,20H,8,10H2,1-5H3,(H,19,23)(H,21,22). The van der Waals surface area contributed by atoms with E-state index in [1.54, 1.807) is 32.9 Å². The maximum absolute atomic E-state index is 11.7. The van der Waals surface area contributed by atoms with Crippen LogP contribution in [0.25, 0.3) is 0 Å². The Bertz CT molecular complexity index is 590. The van der Waals surface area contributed by atoms with Crippen LogP contribution >= 0.6 is 0 Å². The number of amides is 1. The van der Waals surface area contributed by atoms with Crippen LogP contribution in [0.15, 0.2) is 18.2 Å². The molecule has 1 unspecified atom stereocenters.